The molecular weight excluding hydrogens is 332 g/mol. The molecule has 112 valence electrons. The molecule has 4 heteroatoms. The average Bonchev–Trinajstić information content (AvgIpc) is 2.92. The fourth-order valence-electron chi connectivity index (χ4n) is 3.82. The molecule has 3 unspecified atom stereocenters. The minimum absolute atomic E-state index is 0.709. The van der Waals surface area contributed by atoms with Crippen molar-refractivity contribution in [2.45, 2.75) is 63.6 Å². The molecule has 3 atom stereocenters. The van der Waals surface area contributed by atoms with Gasteiger partial charge in [0.25, 0.3) is 0 Å². The molecule has 20 heavy (non-hydrogen) atoms. The lowest BCUT2D eigenvalue weighted by atomic mass is 9.77. The summed E-state index contributed by atoms with van der Waals surface area (Å²) in [5, 5.41) is 7.62. The van der Waals surface area contributed by atoms with Gasteiger partial charge < -0.3 is 10.6 Å². The maximum atomic E-state index is 3.85. The van der Waals surface area contributed by atoms with E-state index in [1.54, 1.807) is 0 Å². The van der Waals surface area contributed by atoms with Crippen molar-refractivity contribution in [3.05, 3.63) is 20.8 Å². The third kappa shape index (κ3) is 3.85. The molecule has 1 saturated carbocycles. The fourth-order valence-corrected chi connectivity index (χ4v) is 5.25. The molecule has 2 nitrogen and oxygen atoms in total. The molecule has 1 aliphatic carbocycles. The van der Waals surface area contributed by atoms with E-state index in [2.05, 4.69) is 38.7 Å². The van der Waals surface area contributed by atoms with E-state index < -0.39 is 0 Å². The van der Waals surface area contributed by atoms with Crippen molar-refractivity contribution >= 4 is 27.3 Å². The standard InChI is InChI=1S/C16H25BrN2S/c17-16-9-8-12(20-16)11-19-15-6-2-1-5-13(15)14-7-3-4-10-18-14/h8-9,13-15,18-19H,1-7,10-11H2. The van der Waals surface area contributed by atoms with E-state index in [1.165, 1.54) is 60.2 Å². The Labute approximate surface area is 134 Å². The van der Waals surface area contributed by atoms with Gasteiger partial charge in [-0.1, -0.05) is 19.3 Å². The molecule has 1 aromatic heterocycles. The largest absolute Gasteiger partial charge is 0.314 e. The third-order valence-electron chi connectivity index (χ3n) is 4.85. The van der Waals surface area contributed by atoms with Crippen LogP contribution in [0.3, 0.4) is 0 Å². The summed E-state index contributed by atoms with van der Waals surface area (Å²) in [7, 11) is 0. The Morgan fingerprint density at radius 3 is 2.75 bits per heavy atom. The number of nitrogens with one attached hydrogen (secondary N) is 2. The molecule has 2 aliphatic rings. The maximum Gasteiger partial charge on any atom is 0.0701 e. The molecule has 0 aromatic carbocycles. The Kier molecular flexibility index (Phi) is 5.55. The van der Waals surface area contributed by atoms with Crippen molar-refractivity contribution in [2.24, 2.45) is 5.92 Å². The van der Waals surface area contributed by atoms with Crippen LogP contribution in [-0.4, -0.2) is 18.6 Å². The van der Waals surface area contributed by atoms with Gasteiger partial charge in [0.2, 0.25) is 0 Å². The molecule has 2 fully saturated rings. The molecule has 1 aromatic rings. The Hall–Kier alpha value is 0.1000. The summed E-state index contributed by atoms with van der Waals surface area (Å²) in [6, 6.07) is 5.86. The summed E-state index contributed by atoms with van der Waals surface area (Å²) in [5.74, 6) is 0.840. The van der Waals surface area contributed by atoms with Gasteiger partial charge in [0, 0.05) is 23.5 Å². The van der Waals surface area contributed by atoms with Crippen LogP contribution in [0.25, 0.3) is 0 Å². The number of thiophene rings is 1. The van der Waals surface area contributed by atoms with Crippen LogP contribution in [0.15, 0.2) is 15.9 Å². The molecule has 2 N–H and O–H groups in total. The number of halogens is 1. The molecule has 1 aliphatic heterocycles. The molecule has 3 rings (SSSR count). The Bertz CT molecular complexity index is 414. The van der Waals surface area contributed by atoms with Gasteiger partial charge in [-0.2, -0.15) is 0 Å². The van der Waals surface area contributed by atoms with Gasteiger partial charge in [-0.15, -0.1) is 11.3 Å². The first-order valence-corrected chi connectivity index (χ1v) is 9.65. The lowest BCUT2D eigenvalue weighted by Crippen LogP contribution is -2.50. The number of hydrogen-bond acceptors (Lipinski definition) is 3. The zero-order valence-corrected chi connectivity index (χ0v) is 14.4. The quantitative estimate of drug-likeness (QED) is 0.840. The molecule has 2 heterocycles. The number of piperidine rings is 1. The van der Waals surface area contributed by atoms with E-state index in [1.807, 2.05) is 11.3 Å². The van der Waals surface area contributed by atoms with Gasteiger partial charge in [0.1, 0.15) is 0 Å². The zero-order chi connectivity index (χ0) is 13.8. The summed E-state index contributed by atoms with van der Waals surface area (Å²) in [4.78, 5) is 1.44. The van der Waals surface area contributed by atoms with Gasteiger partial charge in [0.15, 0.2) is 0 Å². The number of hydrogen-bond donors (Lipinski definition) is 2. The molecule has 0 amide bonds. The summed E-state index contributed by atoms with van der Waals surface area (Å²) in [5.41, 5.74) is 0. The zero-order valence-electron chi connectivity index (χ0n) is 12.0. The van der Waals surface area contributed by atoms with Gasteiger partial charge in [0.05, 0.1) is 3.79 Å². The van der Waals surface area contributed by atoms with Crippen LogP contribution in [0.2, 0.25) is 0 Å². The average molecular weight is 357 g/mol. The van der Waals surface area contributed by atoms with Crippen molar-refractivity contribution in [2.75, 3.05) is 6.54 Å². The van der Waals surface area contributed by atoms with E-state index in [-0.39, 0.29) is 0 Å². The molecular formula is C16H25BrN2S. The lowest BCUT2D eigenvalue weighted by molar-refractivity contribution is 0.181. The minimum Gasteiger partial charge on any atom is -0.314 e. The maximum absolute atomic E-state index is 3.85. The van der Waals surface area contributed by atoms with E-state index in [0.717, 1.165) is 18.5 Å². The predicted molar refractivity (Wildman–Crippen MR) is 90.2 cm³/mol. The van der Waals surface area contributed by atoms with Crippen molar-refractivity contribution in [1.82, 2.24) is 10.6 Å². The van der Waals surface area contributed by atoms with Crippen molar-refractivity contribution < 1.29 is 0 Å². The Morgan fingerprint density at radius 2 is 2.00 bits per heavy atom. The van der Waals surface area contributed by atoms with Crippen LogP contribution in [0.5, 0.6) is 0 Å². The van der Waals surface area contributed by atoms with E-state index in [0.29, 0.717) is 6.04 Å². The molecule has 1 saturated heterocycles. The monoisotopic (exact) mass is 356 g/mol. The summed E-state index contributed by atoms with van der Waals surface area (Å²) in [6.45, 7) is 2.26. The minimum atomic E-state index is 0.709. The second-order valence-electron chi connectivity index (χ2n) is 6.20. The number of rotatable bonds is 4. The lowest BCUT2D eigenvalue weighted by Gasteiger charge is -2.40. The fraction of sp³-hybridized carbons (Fsp3) is 0.750. The smallest absolute Gasteiger partial charge is 0.0701 e. The van der Waals surface area contributed by atoms with Gasteiger partial charge in [-0.3, -0.25) is 0 Å². The van der Waals surface area contributed by atoms with Crippen molar-refractivity contribution in [3.8, 4) is 0 Å². The highest BCUT2D eigenvalue weighted by molar-refractivity contribution is 9.11. The van der Waals surface area contributed by atoms with Crippen LogP contribution >= 0.6 is 27.3 Å². The highest BCUT2D eigenvalue weighted by Crippen LogP contribution is 2.31. The van der Waals surface area contributed by atoms with Gasteiger partial charge in [-0.25, -0.2) is 0 Å². The highest BCUT2D eigenvalue weighted by Gasteiger charge is 2.32. The van der Waals surface area contributed by atoms with Crippen LogP contribution in [0.4, 0.5) is 0 Å². The van der Waals surface area contributed by atoms with Gasteiger partial charge >= 0.3 is 0 Å². The van der Waals surface area contributed by atoms with Crippen molar-refractivity contribution in [1.29, 1.82) is 0 Å². The third-order valence-corrected chi connectivity index (χ3v) is 6.48. The Balaban J connectivity index is 1.57. The van der Waals surface area contributed by atoms with Crippen LogP contribution in [0, 0.1) is 5.92 Å². The SMILES string of the molecule is Brc1ccc(CNC2CCCCC2C2CCCCN2)s1. The Morgan fingerprint density at radius 1 is 1.15 bits per heavy atom. The molecule has 0 spiro atoms. The van der Waals surface area contributed by atoms with E-state index >= 15 is 0 Å². The summed E-state index contributed by atoms with van der Waals surface area (Å²) < 4.78 is 1.24. The van der Waals surface area contributed by atoms with Crippen LogP contribution < -0.4 is 10.6 Å². The first-order chi connectivity index (χ1) is 9.83. The van der Waals surface area contributed by atoms with Crippen molar-refractivity contribution in [3.63, 3.8) is 0 Å². The van der Waals surface area contributed by atoms with Crippen LogP contribution in [-0.2, 0) is 6.54 Å². The summed E-state index contributed by atoms with van der Waals surface area (Å²) in [6.07, 6.45) is 9.75. The van der Waals surface area contributed by atoms with Crippen LogP contribution in [0.1, 0.15) is 49.8 Å². The highest BCUT2D eigenvalue weighted by atomic mass is 79.9. The first-order valence-electron chi connectivity index (χ1n) is 8.04. The normalized spacial score (nSPS) is 31.4. The topological polar surface area (TPSA) is 24.1 Å². The first kappa shape index (κ1) is 15.0. The predicted octanol–water partition coefficient (Wildman–Crippen LogP) is 4.30. The molecule has 0 radical (unpaired) electrons. The van der Waals surface area contributed by atoms with E-state index in [9.17, 15) is 0 Å². The second kappa shape index (κ2) is 7.39. The summed E-state index contributed by atoms with van der Waals surface area (Å²) >= 11 is 5.40. The molecule has 0 bridgehead atoms. The van der Waals surface area contributed by atoms with Gasteiger partial charge in [-0.05, 0) is 66.2 Å². The second-order valence-corrected chi connectivity index (χ2v) is 8.75. The van der Waals surface area contributed by atoms with E-state index in [4.69, 9.17) is 0 Å².